The molecule has 1 heterocycles. The lowest BCUT2D eigenvalue weighted by molar-refractivity contribution is 0.183. The fourth-order valence-corrected chi connectivity index (χ4v) is 5.69. The third kappa shape index (κ3) is 6.16. The largest absolute Gasteiger partial charge is 0.497 e. The molecule has 5 heteroatoms. The molecule has 0 N–H and O–H groups in total. The van der Waals surface area contributed by atoms with Crippen LogP contribution in [0.5, 0.6) is 23.0 Å². The van der Waals surface area contributed by atoms with E-state index in [-0.39, 0.29) is 0 Å². The van der Waals surface area contributed by atoms with Gasteiger partial charge in [-0.15, -0.1) is 0 Å². The molecule has 0 aromatic heterocycles. The summed E-state index contributed by atoms with van der Waals surface area (Å²) < 4.78 is 22.7. The van der Waals surface area contributed by atoms with E-state index in [0.29, 0.717) is 5.92 Å². The molecular weight excluding hydrogens is 474 g/mol. The first-order valence-electron chi connectivity index (χ1n) is 13.7. The van der Waals surface area contributed by atoms with Crippen molar-refractivity contribution in [3.63, 3.8) is 0 Å². The molecule has 1 unspecified atom stereocenters. The van der Waals surface area contributed by atoms with Gasteiger partial charge in [0.2, 0.25) is 0 Å². The van der Waals surface area contributed by atoms with E-state index in [1.165, 1.54) is 54.6 Å². The summed E-state index contributed by atoms with van der Waals surface area (Å²) in [4.78, 5) is 2.51. The van der Waals surface area contributed by atoms with Crippen molar-refractivity contribution in [3.8, 4) is 23.0 Å². The van der Waals surface area contributed by atoms with E-state index in [2.05, 4.69) is 59.5 Å². The van der Waals surface area contributed by atoms with E-state index in [9.17, 15) is 0 Å². The lowest BCUT2D eigenvalue weighted by atomic mass is 9.77. The topological polar surface area (TPSA) is 40.2 Å². The Labute approximate surface area is 227 Å². The van der Waals surface area contributed by atoms with Gasteiger partial charge < -0.3 is 18.9 Å². The molecule has 5 rings (SSSR count). The molecule has 5 nitrogen and oxygen atoms in total. The van der Waals surface area contributed by atoms with Crippen LogP contribution in [0, 0.1) is 5.92 Å². The van der Waals surface area contributed by atoms with Crippen molar-refractivity contribution in [2.24, 2.45) is 5.92 Å². The fourth-order valence-electron chi connectivity index (χ4n) is 5.69. The first-order chi connectivity index (χ1) is 18.7. The maximum Gasteiger partial charge on any atom is 0.161 e. The summed E-state index contributed by atoms with van der Waals surface area (Å²) in [5, 5.41) is 0. The highest BCUT2D eigenvalue weighted by atomic mass is 16.5. The van der Waals surface area contributed by atoms with Crippen molar-refractivity contribution in [3.05, 3.63) is 82.9 Å². The second-order valence-corrected chi connectivity index (χ2v) is 10.2. The average Bonchev–Trinajstić information content (AvgIpc) is 2.97. The summed E-state index contributed by atoms with van der Waals surface area (Å²) in [6, 6.07) is 21.2. The summed E-state index contributed by atoms with van der Waals surface area (Å²) in [6.07, 6.45) is 8.19. The van der Waals surface area contributed by atoms with Crippen LogP contribution >= 0.6 is 0 Å². The van der Waals surface area contributed by atoms with Gasteiger partial charge in [-0.2, -0.15) is 0 Å². The van der Waals surface area contributed by atoms with E-state index in [1.54, 1.807) is 21.3 Å². The predicted molar refractivity (Wildman–Crippen MR) is 154 cm³/mol. The van der Waals surface area contributed by atoms with Crippen molar-refractivity contribution < 1.29 is 18.9 Å². The third-order valence-corrected chi connectivity index (χ3v) is 7.81. The summed E-state index contributed by atoms with van der Waals surface area (Å²) in [6.45, 7) is 4.15. The molecule has 200 valence electrons. The monoisotopic (exact) mass is 513 g/mol. The number of benzene rings is 3. The third-order valence-electron chi connectivity index (χ3n) is 7.81. The first-order valence-corrected chi connectivity index (χ1v) is 13.7. The fraction of sp³-hybridized carbons (Fsp3) is 0.394. The molecule has 0 spiro atoms. The molecule has 3 aromatic carbocycles. The zero-order valence-corrected chi connectivity index (χ0v) is 22.9. The van der Waals surface area contributed by atoms with Crippen LogP contribution in [-0.4, -0.2) is 52.5 Å². The van der Waals surface area contributed by atoms with Crippen molar-refractivity contribution >= 4 is 11.6 Å². The minimum atomic E-state index is 0.318. The number of likely N-dealkylation sites (tertiary alicyclic amines) is 1. The Hall–Kier alpha value is -3.44. The smallest absolute Gasteiger partial charge is 0.161 e. The van der Waals surface area contributed by atoms with Gasteiger partial charge in [0, 0.05) is 6.54 Å². The van der Waals surface area contributed by atoms with Gasteiger partial charge in [-0.1, -0.05) is 36.8 Å². The van der Waals surface area contributed by atoms with Crippen molar-refractivity contribution in [2.75, 3.05) is 47.6 Å². The Morgan fingerprint density at radius 3 is 2.26 bits per heavy atom. The second kappa shape index (κ2) is 12.4. The Morgan fingerprint density at radius 2 is 1.53 bits per heavy atom. The van der Waals surface area contributed by atoms with Crippen LogP contribution in [0.3, 0.4) is 0 Å². The Balaban J connectivity index is 1.33. The highest BCUT2D eigenvalue weighted by Crippen LogP contribution is 2.40. The number of hydrogen-bond acceptors (Lipinski definition) is 5. The summed E-state index contributed by atoms with van der Waals surface area (Å²) >= 11 is 0. The van der Waals surface area contributed by atoms with Gasteiger partial charge in [0.15, 0.2) is 11.5 Å². The SMILES string of the molecule is COc1ccc2c(c1)CC(Cc1ccc(OCCN3CCCCC3)cc1)C(c1ccc(OC)c(OC)c1)=C2. The number of ether oxygens (including phenoxy) is 4. The minimum Gasteiger partial charge on any atom is -0.497 e. The Bertz CT molecular complexity index is 1240. The van der Waals surface area contributed by atoms with Crippen LogP contribution in [0.4, 0.5) is 0 Å². The molecule has 0 amide bonds. The van der Waals surface area contributed by atoms with Gasteiger partial charge in [-0.3, -0.25) is 4.90 Å². The van der Waals surface area contributed by atoms with E-state index in [0.717, 1.165) is 54.6 Å². The average molecular weight is 514 g/mol. The number of fused-ring (bicyclic) bond motifs is 1. The maximum atomic E-state index is 6.07. The number of piperidine rings is 1. The minimum absolute atomic E-state index is 0.318. The molecular formula is C33H39NO4. The summed E-state index contributed by atoms with van der Waals surface area (Å²) in [7, 11) is 5.08. The number of rotatable bonds is 10. The molecule has 0 saturated carbocycles. The van der Waals surface area contributed by atoms with Crippen LogP contribution in [0.25, 0.3) is 11.6 Å². The lowest BCUT2D eigenvalue weighted by Crippen LogP contribution is -2.33. The Morgan fingerprint density at radius 1 is 0.763 bits per heavy atom. The zero-order valence-electron chi connectivity index (χ0n) is 22.9. The summed E-state index contributed by atoms with van der Waals surface area (Å²) in [5.74, 6) is 3.65. The van der Waals surface area contributed by atoms with E-state index >= 15 is 0 Å². The van der Waals surface area contributed by atoms with Crippen molar-refractivity contribution in [1.82, 2.24) is 4.90 Å². The quantitative estimate of drug-likeness (QED) is 0.308. The van der Waals surface area contributed by atoms with Gasteiger partial charge in [0.25, 0.3) is 0 Å². The van der Waals surface area contributed by atoms with Gasteiger partial charge in [-0.25, -0.2) is 0 Å². The molecule has 1 fully saturated rings. The highest BCUT2D eigenvalue weighted by molar-refractivity contribution is 5.86. The molecule has 3 aromatic rings. The lowest BCUT2D eigenvalue weighted by Gasteiger charge is -2.28. The second-order valence-electron chi connectivity index (χ2n) is 10.2. The summed E-state index contributed by atoms with van der Waals surface area (Å²) in [5.41, 5.74) is 6.33. The molecule has 0 bridgehead atoms. The molecule has 38 heavy (non-hydrogen) atoms. The molecule has 2 aliphatic rings. The van der Waals surface area contributed by atoms with E-state index < -0.39 is 0 Å². The van der Waals surface area contributed by atoms with E-state index in [4.69, 9.17) is 18.9 Å². The number of nitrogens with zero attached hydrogens (tertiary/aromatic N) is 1. The predicted octanol–water partition coefficient (Wildman–Crippen LogP) is 6.53. The van der Waals surface area contributed by atoms with Crippen molar-refractivity contribution in [2.45, 2.75) is 32.1 Å². The molecule has 0 radical (unpaired) electrons. The molecule has 1 saturated heterocycles. The van der Waals surface area contributed by atoms with Gasteiger partial charge in [-0.05, 0) is 109 Å². The molecule has 1 aliphatic carbocycles. The van der Waals surface area contributed by atoms with Crippen LogP contribution in [0.1, 0.15) is 41.5 Å². The van der Waals surface area contributed by atoms with Gasteiger partial charge in [0.05, 0.1) is 21.3 Å². The van der Waals surface area contributed by atoms with Crippen LogP contribution in [0.2, 0.25) is 0 Å². The van der Waals surface area contributed by atoms with Crippen LogP contribution in [-0.2, 0) is 12.8 Å². The van der Waals surface area contributed by atoms with Crippen LogP contribution in [0.15, 0.2) is 60.7 Å². The number of allylic oxidation sites excluding steroid dienone is 1. The number of methoxy groups -OCH3 is 3. The highest BCUT2D eigenvalue weighted by Gasteiger charge is 2.24. The Kier molecular flexibility index (Phi) is 8.54. The molecule has 1 atom stereocenters. The van der Waals surface area contributed by atoms with Gasteiger partial charge in [0.1, 0.15) is 18.1 Å². The standard InChI is InChI=1S/C33H39NO4/c1-35-30-13-9-25-22-31(26-10-14-32(36-2)33(23-26)37-3)28(20-27(25)21-30)19-24-7-11-29(12-8-24)38-18-17-34-15-5-4-6-16-34/h7-14,21-23,28H,4-6,15-20H2,1-3H3. The van der Waals surface area contributed by atoms with Crippen LogP contribution < -0.4 is 18.9 Å². The first kappa shape index (κ1) is 26.2. The normalized spacial score (nSPS) is 17.3. The maximum absolute atomic E-state index is 6.07. The number of hydrogen-bond donors (Lipinski definition) is 0. The van der Waals surface area contributed by atoms with E-state index in [1.807, 2.05) is 12.1 Å². The molecule has 1 aliphatic heterocycles. The van der Waals surface area contributed by atoms with Gasteiger partial charge >= 0.3 is 0 Å². The van der Waals surface area contributed by atoms with Crippen molar-refractivity contribution in [1.29, 1.82) is 0 Å². The zero-order chi connectivity index (χ0) is 26.3.